The predicted molar refractivity (Wildman–Crippen MR) is 61.8 cm³/mol. The van der Waals surface area contributed by atoms with Gasteiger partial charge in [0.1, 0.15) is 6.10 Å². The van der Waals surface area contributed by atoms with Crippen LogP contribution in [0, 0.1) is 17.5 Å². The molecule has 2 rings (SSSR count). The molecule has 0 aliphatic carbocycles. The Kier molecular flexibility index (Phi) is 3.95. The highest BCUT2D eigenvalue weighted by atomic mass is 19.4. The molecular weight excluding hydrogens is 298 g/mol. The summed E-state index contributed by atoms with van der Waals surface area (Å²) in [4.78, 5) is 0. The number of hydrogen-bond donors (Lipinski definition) is 1. The van der Waals surface area contributed by atoms with Gasteiger partial charge in [0.15, 0.2) is 17.5 Å². The highest BCUT2D eigenvalue weighted by Crippen LogP contribution is 2.32. The Morgan fingerprint density at radius 3 is 1.95 bits per heavy atom. The highest BCUT2D eigenvalue weighted by molar-refractivity contribution is 5.34. The van der Waals surface area contributed by atoms with Crippen molar-refractivity contribution in [2.75, 3.05) is 0 Å². The van der Waals surface area contributed by atoms with Gasteiger partial charge in [-0.1, -0.05) is 12.1 Å². The van der Waals surface area contributed by atoms with Gasteiger partial charge in [-0.3, -0.25) is 0 Å². The predicted octanol–water partition coefficient (Wildman–Crippen LogP) is 4.20. The second-order valence-electron chi connectivity index (χ2n) is 4.32. The molecule has 0 saturated heterocycles. The molecule has 0 radical (unpaired) electrons. The summed E-state index contributed by atoms with van der Waals surface area (Å²) in [5.41, 5.74) is -1.61. The number of hydrogen-bond acceptors (Lipinski definition) is 1. The van der Waals surface area contributed by atoms with Crippen molar-refractivity contribution in [3.63, 3.8) is 0 Å². The Hall–Kier alpha value is -2.02. The van der Waals surface area contributed by atoms with Crippen molar-refractivity contribution in [3.05, 3.63) is 70.5 Å². The second kappa shape index (κ2) is 5.40. The Labute approximate surface area is 115 Å². The molecule has 0 spiro atoms. The molecule has 0 amide bonds. The lowest BCUT2D eigenvalue weighted by Gasteiger charge is -2.14. The third-order valence-electron chi connectivity index (χ3n) is 2.85. The number of halogens is 6. The molecule has 0 fully saturated rings. The summed E-state index contributed by atoms with van der Waals surface area (Å²) >= 11 is 0. The topological polar surface area (TPSA) is 20.2 Å². The van der Waals surface area contributed by atoms with Gasteiger partial charge in [-0.25, -0.2) is 13.2 Å². The lowest BCUT2D eigenvalue weighted by Crippen LogP contribution is -2.08. The summed E-state index contributed by atoms with van der Waals surface area (Å²) < 4.78 is 76.7. The zero-order valence-corrected chi connectivity index (χ0v) is 10.3. The smallest absolute Gasteiger partial charge is 0.384 e. The molecule has 1 unspecified atom stereocenters. The van der Waals surface area contributed by atoms with Crippen molar-refractivity contribution in [1.29, 1.82) is 0 Å². The fourth-order valence-corrected chi connectivity index (χ4v) is 1.81. The SMILES string of the molecule is OC(c1cccc(C(F)(F)F)c1)c1cc(F)c(F)c(F)c1. The summed E-state index contributed by atoms with van der Waals surface area (Å²) in [5, 5.41) is 9.90. The van der Waals surface area contributed by atoms with Gasteiger partial charge in [-0.2, -0.15) is 13.2 Å². The number of aliphatic hydroxyl groups excluding tert-OH is 1. The molecule has 0 bridgehead atoms. The van der Waals surface area contributed by atoms with Crippen molar-refractivity contribution in [3.8, 4) is 0 Å². The van der Waals surface area contributed by atoms with Crippen molar-refractivity contribution >= 4 is 0 Å². The Bertz CT molecular complexity index is 642. The van der Waals surface area contributed by atoms with E-state index in [-0.39, 0.29) is 11.1 Å². The van der Waals surface area contributed by atoms with Crippen molar-refractivity contribution < 1.29 is 31.4 Å². The first-order valence-corrected chi connectivity index (χ1v) is 5.70. The molecule has 0 saturated carbocycles. The van der Waals surface area contributed by atoms with Gasteiger partial charge < -0.3 is 5.11 Å². The van der Waals surface area contributed by atoms with E-state index in [0.29, 0.717) is 18.2 Å². The van der Waals surface area contributed by atoms with E-state index < -0.39 is 35.3 Å². The van der Waals surface area contributed by atoms with Crippen molar-refractivity contribution in [2.24, 2.45) is 0 Å². The molecule has 0 aliphatic heterocycles. The molecule has 1 N–H and O–H groups in total. The summed E-state index contributed by atoms with van der Waals surface area (Å²) in [6, 6.07) is 4.73. The number of rotatable bonds is 2. The summed E-state index contributed by atoms with van der Waals surface area (Å²) in [7, 11) is 0. The normalized spacial score (nSPS) is 13.3. The zero-order chi connectivity index (χ0) is 15.8. The van der Waals surface area contributed by atoms with Gasteiger partial charge in [0.2, 0.25) is 0 Å². The summed E-state index contributed by atoms with van der Waals surface area (Å²) in [6.07, 6.45) is -6.33. The largest absolute Gasteiger partial charge is 0.416 e. The number of alkyl halides is 3. The maximum atomic E-state index is 13.1. The first-order chi connectivity index (χ1) is 9.70. The first-order valence-electron chi connectivity index (χ1n) is 5.70. The fourth-order valence-electron chi connectivity index (χ4n) is 1.81. The van der Waals surface area contributed by atoms with Gasteiger partial charge >= 0.3 is 6.18 Å². The Balaban J connectivity index is 2.43. The minimum atomic E-state index is -4.62. The van der Waals surface area contributed by atoms with E-state index in [1.807, 2.05) is 0 Å². The van der Waals surface area contributed by atoms with Gasteiger partial charge in [-0.05, 0) is 35.4 Å². The molecule has 1 nitrogen and oxygen atoms in total. The van der Waals surface area contributed by atoms with Gasteiger partial charge in [0.05, 0.1) is 5.56 Å². The molecule has 0 aliphatic rings. The van der Waals surface area contributed by atoms with Crippen molar-refractivity contribution in [1.82, 2.24) is 0 Å². The molecule has 2 aromatic rings. The number of benzene rings is 2. The van der Waals surface area contributed by atoms with Crippen LogP contribution in [0.1, 0.15) is 22.8 Å². The summed E-state index contributed by atoms with van der Waals surface area (Å²) in [5.74, 6) is -4.78. The number of aliphatic hydroxyl groups is 1. The Morgan fingerprint density at radius 2 is 1.43 bits per heavy atom. The quantitative estimate of drug-likeness (QED) is 0.651. The Morgan fingerprint density at radius 1 is 0.857 bits per heavy atom. The van der Waals surface area contributed by atoms with Gasteiger partial charge in [0.25, 0.3) is 0 Å². The van der Waals surface area contributed by atoms with E-state index in [4.69, 9.17) is 0 Å². The van der Waals surface area contributed by atoms with E-state index in [1.54, 1.807) is 0 Å². The van der Waals surface area contributed by atoms with Crippen LogP contribution >= 0.6 is 0 Å². The van der Waals surface area contributed by atoms with E-state index in [2.05, 4.69) is 0 Å². The maximum absolute atomic E-state index is 13.1. The molecule has 112 valence electrons. The van der Waals surface area contributed by atoms with E-state index >= 15 is 0 Å². The lowest BCUT2D eigenvalue weighted by atomic mass is 9.99. The summed E-state index contributed by atoms with van der Waals surface area (Å²) in [6.45, 7) is 0. The molecule has 0 aromatic heterocycles. The van der Waals surface area contributed by atoms with Crippen LogP contribution in [-0.2, 0) is 6.18 Å². The second-order valence-corrected chi connectivity index (χ2v) is 4.32. The van der Waals surface area contributed by atoms with Gasteiger partial charge in [0, 0.05) is 0 Å². The van der Waals surface area contributed by atoms with Crippen LogP contribution in [0.5, 0.6) is 0 Å². The third-order valence-corrected chi connectivity index (χ3v) is 2.85. The van der Waals surface area contributed by atoms with Gasteiger partial charge in [-0.15, -0.1) is 0 Å². The molecule has 7 heteroatoms. The first kappa shape index (κ1) is 15.4. The average molecular weight is 306 g/mol. The van der Waals surface area contributed by atoms with E-state index in [0.717, 1.165) is 12.1 Å². The minimum Gasteiger partial charge on any atom is -0.384 e. The van der Waals surface area contributed by atoms with Crippen LogP contribution in [0.3, 0.4) is 0 Å². The highest BCUT2D eigenvalue weighted by Gasteiger charge is 2.31. The molecule has 1 atom stereocenters. The van der Waals surface area contributed by atoms with Crippen LogP contribution in [-0.4, -0.2) is 5.11 Å². The molecule has 21 heavy (non-hydrogen) atoms. The van der Waals surface area contributed by atoms with Crippen LogP contribution in [0.25, 0.3) is 0 Å². The lowest BCUT2D eigenvalue weighted by molar-refractivity contribution is -0.137. The monoisotopic (exact) mass is 306 g/mol. The maximum Gasteiger partial charge on any atom is 0.416 e. The third kappa shape index (κ3) is 3.18. The van der Waals surface area contributed by atoms with E-state index in [1.165, 1.54) is 6.07 Å². The van der Waals surface area contributed by atoms with Crippen LogP contribution in [0.2, 0.25) is 0 Å². The zero-order valence-electron chi connectivity index (χ0n) is 10.3. The fraction of sp³-hybridized carbons (Fsp3) is 0.143. The van der Waals surface area contributed by atoms with Crippen LogP contribution < -0.4 is 0 Å². The molecule has 0 heterocycles. The minimum absolute atomic E-state index is 0.213. The standard InChI is InChI=1S/C14H8F6O/c15-10-5-8(6-11(16)12(10)17)13(21)7-2-1-3-9(4-7)14(18,19)20/h1-6,13,21H. The molecular formula is C14H8F6O. The van der Waals surface area contributed by atoms with Crippen LogP contribution in [0.15, 0.2) is 36.4 Å². The average Bonchev–Trinajstić information content (AvgIpc) is 2.42. The van der Waals surface area contributed by atoms with E-state index in [9.17, 15) is 31.4 Å². The molecule has 2 aromatic carbocycles. The van der Waals surface area contributed by atoms with Crippen LogP contribution in [0.4, 0.5) is 26.3 Å². The van der Waals surface area contributed by atoms with Crippen molar-refractivity contribution in [2.45, 2.75) is 12.3 Å².